The van der Waals surface area contributed by atoms with Crippen LogP contribution < -0.4 is 13.8 Å². The van der Waals surface area contributed by atoms with Gasteiger partial charge in [0, 0.05) is 18.9 Å². The minimum absolute atomic E-state index is 0.0355. The highest BCUT2D eigenvalue weighted by Crippen LogP contribution is 2.36. The smallest absolute Gasteiger partial charge is 0.264 e. The molecule has 4 rings (SSSR count). The van der Waals surface area contributed by atoms with Crippen LogP contribution in [-0.4, -0.2) is 39.4 Å². The van der Waals surface area contributed by atoms with Gasteiger partial charge in [0.15, 0.2) is 11.5 Å². The quantitative estimate of drug-likeness (QED) is 0.885. The van der Waals surface area contributed by atoms with Crippen LogP contribution in [0, 0.1) is 0 Å². The van der Waals surface area contributed by atoms with Crippen molar-refractivity contribution in [1.82, 2.24) is 0 Å². The lowest BCUT2D eigenvalue weighted by Crippen LogP contribution is -2.42. The summed E-state index contributed by atoms with van der Waals surface area (Å²) in [5, 5.41) is 10.1. The van der Waals surface area contributed by atoms with Gasteiger partial charge in [-0.3, -0.25) is 4.31 Å². The zero-order valence-electron chi connectivity index (χ0n) is 13.6. The molecule has 0 amide bonds. The number of sulfonamides is 1. The van der Waals surface area contributed by atoms with Crippen molar-refractivity contribution in [1.29, 1.82) is 0 Å². The second-order valence-electron chi connectivity index (χ2n) is 6.18. The first-order valence-corrected chi connectivity index (χ1v) is 9.68. The molecule has 2 aromatic rings. The summed E-state index contributed by atoms with van der Waals surface area (Å²) in [6, 6.07) is 11.9. The summed E-state index contributed by atoms with van der Waals surface area (Å²) < 4.78 is 38.8. The normalized spacial score (nSPS) is 19.9. The number of hydrogen-bond donors (Lipinski definition) is 1. The maximum Gasteiger partial charge on any atom is 0.264 e. The van der Waals surface area contributed by atoms with Crippen LogP contribution in [0.25, 0.3) is 0 Å². The van der Waals surface area contributed by atoms with Gasteiger partial charge in [-0.2, -0.15) is 0 Å². The molecule has 25 heavy (non-hydrogen) atoms. The Kier molecular flexibility index (Phi) is 4.05. The minimum Gasteiger partial charge on any atom is -0.490 e. The lowest BCUT2D eigenvalue weighted by molar-refractivity contribution is 0.180. The molecule has 6 nitrogen and oxygen atoms in total. The number of aliphatic hydroxyl groups is 1. The number of para-hydroxylation sites is 1. The topological polar surface area (TPSA) is 76.1 Å². The van der Waals surface area contributed by atoms with E-state index < -0.39 is 16.1 Å². The van der Waals surface area contributed by atoms with E-state index in [0.717, 1.165) is 12.0 Å². The van der Waals surface area contributed by atoms with Crippen LogP contribution in [0.15, 0.2) is 47.4 Å². The van der Waals surface area contributed by atoms with Gasteiger partial charge < -0.3 is 14.6 Å². The fourth-order valence-electron chi connectivity index (χ4n) is 3.19. The maximum absolute atomic E-state index is 13.2. The number of β-amino-alcohol motifs (C(OH)–C–C–N with tert-alkyl or cyclic N) is 1. The molecule has 2 aromatic carbocycles. The number of aliphatic hydroxyl groups excluding tert-OH is 1. The number of anilines is 1. The molecule has 132 valence electrons. The second kappa shape index (κ2) is 6.24. The summed E-state index contributed by atoms with van der Waals surface area (Å²) in [7, 11) is -3.82. The first kappa shape index (κ1) is 16.2. The fourth-order valence-corrected chi connectivity index (χ4v) is 4.75. The second-order valence-corrected chi connectivity index (χ2v) is 8.04. The van der Waals surface area contributed by atoms with Gasteiger partial charge in [-0.25, -0.2) is 8.42 Å². The van der Waals surface area contributed by atoms with Crippen molar-refractivity contribution in [3.63, 3.8) is 0 Å². The number of nitrogens with zero attached hydrogens (tertiary/aromatic N) is 1. The average Bonchev–Trinajstić information content (AvgIpc) is 2.85. The molecular weight excluding hydrogens is 342 g/mol. The number of fused-ring (bicyclic) bond motifs is 2. The predicted molar refractivity (Wildman–Crippen MR) is 92.7 cm³/mol. The first-order chi connectivity index (χ1) is 12.1. The minimum atomic E-state index is -3.82. The summed E-state index contributed by atoms with van der Waals surface area (Å²) in [5.41, 5.74) is 1.43. The average molecular weight is 361 g/mol. The van der Waals surface area contributed by atoms with E-state index in [9.17, 15) is 13.5 Å². The molecule has 0 spiro atoms. The molecule has 1 N–H and O–H groups in total. The van der Waals surface area contributed by atoms with E-state index in [-0.39, 0.29) is 11.4 Å². The molecule has 2 aliphatic heterocycles. The van der Waals surface area contributed by atoms with Crippen LogP contribution in [-0.2, 0) is 16.4 Å². The first-order valence-electron chi connectivity index (χ1n) is 8.24. The number of rotatable bonds is 2. The standard InChI is InChI=1S/C18H19NO5S/c20-14-10-13-4-1-2-5-16(13)19(12-14)25(21,22)15-6-7-17-18(11-15)24-9-3-8-23-17/h1-2,4-7,11,14,20H,3,8-10,12H2. The lowest BCUT2D eigenvalue weighted by Gasteiger charge is -2.33. The van der Waals surface area contributed by atoms with E-state index in [0.29, 0.717) is 36.8 Å². The van der Waals surface area contributed by atoms with E-state index >= 15 is 0 Å². The summed E-state index contributed by atoms with van der Waals surface area (Å²) in [4.78, 5) is 0.126. The molecule has 0 saturated heterocycles. The van der Waals surface area contributed by atoms with Crippen molar-refractivity contribution >= 4 is 15.7 Å². The van der Waals surface area contributed by atoms with Crippen LogP contribution in [0.4, 0.5) is 5.69 Å². The monoisotopic (exact) mass is 361 g/mol. The van der Waals surface area contributed by atoms with E-state index in [1.807, 2.05) is 12.1 Å². The van der Waals surface area contributed by atoms with Crippen LogP contribution in [0.5, 0.6) is 11.5 Å². The summed E-state index contributed by atoms with van der Waals surface area (Å²) in [5.74, 6) is 0.986. The third-order valence-corrected chi connectivity index (χ3v) is 6.18. The number of benzene rings is 2. The molecule has 0 aliphatic carbocycles. The van der Waals surface area contributed by atoms with Crippen molar-refractivity contribution in [3.8, 4) is 11.5 Å². The van der Waals surface area contributed by atoms with Crippen LogP contribution in [0.1, 0.15) is 12.0 Å². The van der Waals surface area contributed by atoms with E-state index in [1.54, 1.807) is 18.2 Å². The highest BCUT2D eigenvalue weighted by molar-refractivity contribution is 7.92. The molecule has 0 radical (unpaired) electrons. The zero-order chi connectivity index (χ0) is 17.4. The predicted octanol–water partition coefficient (Wildman–Crippen LogP) is 1.96. The lowest BCUT2D eigenvalue weighted by atomic mass is 10.0. The van der Waals surface area contributed by atoms with Gasteiger partial charge in [0.25, 0.3) is 10.0 Å². The Morgan fingerprint density at radius 3 is 2.64 bits per heavy atom. The van der Waals surface area contributed by atoms with Crippen molar-refractivity contribution < 1.29 is 23.0 Å². The van der Waals surface area contributed by atoms with E-state index in [1.165, 1.54) is 16.4 Å². The SMILES string of the molecule is O=S(=O)(c1ccc2c(c1)OCCCO2)N1CC(O)Cc2ccccc21. The third kappa shape index (κ3) is 2.94. The Morgan fingerprint density at radius 2 is 1.80 bits per heavy atom. The Balaban J connectivity index is 1.76. The Bertz CT molecular complexity index is 896. The van der Waals surface area contributed by atoms with Crippen LogP contribution >= 0.6 is 0 Å². The van der Waals surface area contributed by atoms with Crippen molar-refractivity contribution in [3.05, 3.63) is 48.0 Å². The van der Waals surface area contributed by atoms with Crippen LogP contribution in [0.2, 0.25) is 0 Å². The molecule has 2 aliphatic rings. The zero-order valence-corrected chi connectivity index (χ0v) is 14.4. The Hall–Kier alpha value is -2.25. The molecule has 1 unspecified atom stereocenters. The van der Waals surface area contributed by atoms with Gasteiger partial charge in [0.1, 0.15) is 0 Å². The Morgan fingerprint density at radius 1 is 1.04 bits per heavy atom. The maximum atomic E-state index is 13.2. The number of ether oxygens (including phenoxy) is 2. The molecular formula is C18H19NO5S. The van der Waals surface area contributed by atoms with Gasteiger partial charge in [-0.1, -0.05) is 18.2 Å². The molecule has 1 atom stereocenters. The Labute approximate surface area is 146 Å². The molecule has 0 fully saturated rings. The van der Waals surface area contributed by atoms with Gasteiger partial charge in [0.2, 0.25) is 0 Å². The van der Waals surface area contributed by atoms with Gasteiger partial charge in [-0.15, -0.1) is 0 Å². The third-order valence-electron chi connectivity index (χ3n) is 4.40. The molecule has 7 heteroatoms. The van der Waals surface area contributed by atoms with Crippen molar-refractivity contribution in [2.75, 3.05) is 24.1 Å². The summed E-state index contributed by atoms with van der Waals surface area (Å²) in [6.07, 6.45) is 0.469. The molecule has 0 bridgehead atoms. The van der Waals surface area contributed by atoms with E-state index in [4.69, 9.17) is 9.47 Å². The fraction of sp³-hybridized carbons (Fsp3) is 0.333. The highest BCUT2D eigenvalue weighted by atomic mass is 32.2. The summed E-state index contributed by atoms with van der Waals surface area (Å²) in [6.45, 7) is 1.07. The van der Waals surface area contributed by atoms with Crippen LogP contribution in [0.3, 0.4) is 0 Å². The van der Waals surface area contributed by atoms with Gasteiger partial charge in [-0.05, 0) is 23.8 Å². The summed E-state index contributed by atoms with van der Waals surface area (Å²) >= 11 is 0. The van der Waals surface area contributed by atoms with Gasteiger partial charge >= 0.3 is 0 Å². The molecule has 0 saturated carbocycles. The molecule has 2 heterocycles. The van der Waals surface area contributed by atoms with E-state index in [2.05, 4.69) is 0 Å². The van der Waals surface area contributed by atoms with Crippen molar-refractivity contribution in [2.24, 2.45) is 0 Å². The van der Waals surface area contributed by atoms with Crippen molar-refractivity contribution in [2.45, 2.75) is 23.8 Å². The highest BCUT2D eigenvalue weighted by Gasteiger charge is 2.33. The number of hydrogen-bond acceptors (Lipinski definition) is 5. The molecule has 0 aromatic heterocycles. The largest absolute Gasteiger partial charge is 0.490 e. The van der Waals surface area contributed by atoms with Gasteiger partial charge in [0.05, 0.1) is 36.4 Å².